The van der Waals surface area contributed by atoms with Crippen LogP contribution in [0, 0.1) is 17.8 Å². The fourth-order valence-electron chi connectivity index (χ4n) is 5.30. The molecule has 2 aliphatic rings. The van der Waals surface area contributed by atoms with Crippen molar-refractivity contribution in [1.29, 1.82) is 0 Å². The van der Waals surface area contributed by atoms with Crippen molar-refractivity contribution in [3.05, 3.63) is 0 Å². The molecule has 3 N–H and O–H groups in total. The van der Waals surface area contributed by atoms with Gasteiger partial charge in [-0.15, -0.1) is 0 Å². The first kappa shape index (κ1) is 36.6. The number of esters is 1. The summed E-state index contributed by atoms with van der Waals surface area (Å²) in [6.45, 7) is 17.4. The van der Waals surface area contributed by atoms with Crippen molar-refractivity contribution in [3.8, 4) is 0 Å². The van der Waals surface area contributed by atoms with Gasteiger partial charge in [0.1, 0.15) is 6.10 Å². The van der Waals surface area contributed by atoms with Gasteiger partial charge < -0.3 is 34.6 Å². The first-order chi connectivity index (χ1) is 17.8. The van der Waals surface area contributed by atoms with Gasteiger partial charge in [0.05, 0.1) is 12.0 Å². The SMILES string of the molecule is CC.CC1CC(N(C)C)CC(O)O1.CCC1OC(=O)C(C)CC(C)CC(C)CCNCC[C@]1(C)OC(=O)O. The summed E-state index contributed by atoms with van der Waals surface area (Å²) in [4.78, 5) is 25.8. The summed E-state index contributed by atoms with van der Waals surface area (Å²) in [6.07, 6.45) is 3.36. The zero-order valence-corrected chi connectivity index (χ0v) is 25.8. The molecule has 0 radical (unpaired) electrons. The summed E-state index contributed by atoms with van der Waals surface area (Å²) in [5.41, 5.74) is -1.05. The second kappa shape index (κ2) is 18.8. The van der Waals surface area contributed by atoms with Gasteiger partial charge in [-0.05, 0) is 85.0 Å². The minimum Gasteiger partial charge on any atom is -0.458 e. The molecule has 0 aromatic rings. The minimum absolute atomic E-state index is 0.186. The van der Waals surface area contributed by atoms with Gasteiger partial charge in [-0.1, -0.05) is 41.5 Å². The Labute approximate surface area is 232 Å². The number of hydrogen-bond acceptors (Lipinski definition) is 8. The Hall–Kier alpha value is -1.42. The highest BCUT2D eigenvalue weighted by Gasteiger charge is 2.40. The molecule has 0 aromatic heterocycles. The molecule has 2 rings (SSSR count). The van der Waals surface area contributed by atoms with Gasteiger partial charge >= 0.3 is 12.1 Å². The van der Waals surface area contributed by atoms with Crippen LogP contribution in [0.1, 0.15) is 100 Å². The molecule has 0 aliphatic carbocycles. The van der Waals surface area contributed by atoms with Crippen LogP contribution in [0.4, 0.5) is 4.79 Å². The average molecular weight is 547 g/mol. The Kier molecular flexibility index (Phi) is 18.1. The van der Waals surface area contributed by atoms with E-state index in [-0.39, 0.29) is 18.0 Å². The molecule has 0 aromatic carbocycles. The van der Waals surface area contributed by atoms with E-state index in [1.54, 1.807) is 6.92 Å². The molecule has 2 heterocycles. The lowest BCUT2D eigenvalue weighted by Gasteiger charge is -2.36. The summed E-state index contributed by atoms with van der Waals surface area (Å²) >= 11 is 0. The lowest BCUT2D eigenvalue weighted by atomic mass is 9.87. The van der Waals surface area contributed by atoms with Gasteiger partial charge in [0.15, 0.2) is 11.9 Å². The Morgan fingerprint density at radius 2 is 1.71 bits per heavy atom. The van der Waals surface area contributed by atoms with Crippen LogP contribution in [-0.4, -0.2) is 84.6 Å². The fourth-order valence-corrected chi connectivity index (χ4v) is 5.30. The molecule has 38 heavy (non-hydrogen) atoms. The smallest absolute Gasteiger partial charge is 0.458 e. The van der Waals surface area contributed by atoms with Crippen molar-refractivity contribution in [2.75, 3.05) is 27.2 Å². The van der Waals surface area contributed by atoms with Gasteiger partial charge in [-0.3, -0.25) is 4.79 Å². The van der Waals surface area contributed by atoms with Crippen LogP contribution in [0.2, 0.25) is 0 Å². The Bertz CT molecular complexity index is 653. The highest BCUT2D eigenvalue weighted by Crippen LogP contribution is 2.29. The second-order valence-electron chi connectivity index (χ2n) is 11.4. The third-order valence-electron chi connectivity index (χ3n) is 7.40. The Morgan fingerprint density at radius 3 is 2.24 bits per heavy atom. The van der Waals surface area contributed by atoms with E-state index < -0.39 is 24.2 Å². The molecule has 7 unspecified atom stereocenters. The molecular weight excluding hydrogens is 488 g/mol. The van der Waals surface area contributed by atoms with Gasteiger partial charge in [0.2, 0.25) is 0 Å². The van der Waals surface area contributed by atoms with E-state index in [4.69, 9.17) is 19.3 Å². The summed E-state index contributed by atoms with van der Waals surface area (Å²) in [5.74, 6) is 0.559. The first-order valence-corrected chi connectivity index (χ1v) is 14.6. The average Bonchev–Trinajstić information content (AvgIpc) is 2.81. The number of hydrogen-bond donors (Lipinski definition) is 3. The van der Waals surface area contributed by atoms with E-state index in [0.29, 0.717) is 37.3 Å². The van der Waals surface area contributed by atoms with Crippen molar-refractivity contribution in [1.82, 2.24) is 10.2 Å². The summed E-state index contributed by atoms with van der Waals surface area (Å²) in [6, 6.07) is 0.466. The Balaban J connectivity index is 0.000000873. The molecule has 9 nitrogen and oxygen atoms in total. The molecule has 2 aliphatic heterocycles. The van der Waals surface area contributed by atoms with Crippen molar-refractivity contribution in [3.63, 3.8) is 0 Å². The van der Waals surface area contributed by atoms with Gasteiger partial charge in [0, 0.05) is 18.9 Å². The van der Waals surface area contributed by atoms with Crippen LogP contribution in [0.15, 0.2) is 0 Å². The second-order valence-corrected chi connectivity index (χ2v) is 11.4. The lowest BCUT2D eigenvalue weighted by Crippen LogP contribution is -2.48. The predicted molar refractivity (Wildman–Crippen MR) is 151 cm³/mol. The van der Waals surface area contributed by atoms with Crippen LogP contribution in [-0.2, 0) is 19.0 Å². The van der Waals surface area contributed by atoms with E-state index in [1.807, 2.05) is 48.7 Å². The monoisotopic (exact) mass is 546 g/mol. The van der Waals surface area contributed by atoms with E-state index in [0.717, 1.165) is 38.6 Å². The van der Waals surface area contributed by atoms with E-state index in [9.17, 15) is 14.7 Å². The number of ether oxygens (including phenoxy) is 3. The third kappa shape index (κ3) is 14.1. The number of nitrogens with one attached hydrogen (secondary N) is 1. The van der Waals surface area contributed by atoms with Crippen LogP contribution in [0.5, 0.6) is 0 Å². The van der Waals surface area contributed by atoms with E-state index in [2.05, 4.69) is 24.1 Å². The summed E-state index contributed by atoms with van der Waals surface area (Å²) in [7, 11) is 4.07. The predicted octanol–water partition coefficient (Wildman–Crippen LogP) is 5.29. The molecule has 8 atom stereocenters. The maximum absolute atomic E-state index is 12.5. The number of aliphatic hydroxyl groups excluding tert-OH is 1. The maximum atomic E-state index is 12.5. The first-order valence-electron chi connectivity index (χ1n) is 14.6. The molecule has 0 amide bonds. The fraction of sp³-hybridized carbons (Fsp3) is 0.931. The number of rotatable bonds is 3. The summed E-state index contributed by atoms with van der Waals surface area (Å²) < 4.78 is 16.1. The Morgan fingerprint density at radius 1 is 1.08 bits per heavy atom. The zero-order chi connectivity index (χ0) is 29.5. The zero-order valence-electron chi connectivity index (χ0n) is 25.8. The standard InChI is InChI=1S/C19H35NO5.C8H17NO2.C2H6/c1-6-16-19(5,25-18(22)23)8-10-20-9-7-13(2)11-14(3)12-15(4)17(21)24-16;1-6-4-7(9(2)3)5-8(10)11-6;1-2/h13-16,20H,6-12H2,1-5H3,(H,22,23);6-8,10H,4-5H2,1-3H3;1-2H3/t13?,14?,15?,16?,19-;;/m0../s1. The van der Waals surface area contributed by atoms with Gasteiger partial charge in [-0.25, -0.2) is 4.79 Å². The number of aliphatic hydroxyl groups is 1. The molecule has 0 bridgehead atoms. The molecule has 2 fully saturated rings. The highest BCUT2D eigenvalue weighted by atomic mass is 16.7. The topological polar surface area (TPSA) is 118 Å². The molecule has 0 saturated carbocycles. The quantitative estimate of drug-likeness (QED) is 0.406. The highest BCUT2D eigenvalue weighted by molar-refractivity contribution is 5.72. The maximum Gasteiger partial charge on any atom is 0.506 e. The number of cyclic esters (lactones) is 1. The van der Waals surface area contributed by atoms with Crippen LogP contribution >= 0.6 is 0 Å². The number of carbonyl (C=O) groups is 2. The number of nitrogens with zero attached hydrogens (tertiary/aromatic N) is 1. The molecular formula is C29H58N2O7. The minimum atomic E-state index is -1.34. The normalized spacial score (nSPS) is 35.4. The lowest BCUT2D eigenvalue weighted by molar-refractivity contribution is -0.172. The van der Waals surface area contributed by atoms with Gasteiger partial charge in [-0.2, -0.15) is 0 Å². The summed E-state index contributed by atoms with van der Waals surface area (Å²) in [5, 5.41) is 21.7. The van der Waals surface area contributed by atoms with E-state index >= 15 is 0 Å². The van der Waals surface area contributed by atoms with Crippen LogP contribution < -0.4 is 5.32 Å². The number of carboxylic acid groups (broad SMARTS) is 1. The molecule has 2 saturated heterocycles. The molecule has 0 spiro atoms. The number of carbonyl (C=O) groups excluding carboxylic acids is 1. The largest absolute Gasteiger partial charge is 0.506 e. The van der Waals surface area contributed by atoms with Crippen molar-refractivity contribution < 1.29 is 34.0 Å². The van der Waals surface area contributed by atoms with Gasteiger partial charge in [0.25, 0.3) is 0 Å². The van der Waals surface area contributed by atoms with Crippen molar-refractivity contribution >= 4 is 12.1 Å². The van der Waals surface area contributed by atoms with E-state index in [1.165, 1.54) is 0 Å². The molecule has 9 heteroatoms. The molecule has 226 valence electrons. The third-order valence-corrected chi connectivity index (χ3v) is 7.40. The van der Waals surface area contributed by atoms with Crippen LogP contribution in [0.25, 0.3) is 0 Å². The van der Waals surface area contributed by atoms with Crippen LogP contribution in [0.3, 0.4) is 0 Å². The van der Waals surface area contributed by atoms with Crippen molar-refractivity contribution in [2.24, 2.45) is 17.8 Å². The van der Waals surface area contributed by atoms with Crippen molar-refractivity contribution in [2.45, 2.75) is 130 Å².